The van der Waals surface area contributed by atoms with Crippen molar-refractivity contribution in [1.29, 1.82) is 0 Å². The van der Waals surface area contributed by atoms with Gasteiger partial charge in [-0.25, -0.2) is 0 Å². The van der Waals surface area contributed by atoms with Gasteiger partial charge in [0.25, 0.3) is 0 Å². The highest BCUT2D eigenvalue weighted by atomic mass is 16.1. The molecule has 0 saturated heterocycles. The maximum Gasteiger partial charge on any atom is 0.164 e. The maximum atomic E-state index is 12.3. The minimum atomic E-state index is 0.110. The topological polar surface area (TPSA) is 30.0 Å². The highest BCUT2D eigenvalue weighted by Crippen LogP contribution is 2.29. The van der Waals surface area contributed by atoms with Crippen LogP contribution < -0.4 is 0 Å². The van der Waals surface area contributed by atoms with Crippen LogP contribution in [0.2, 0.25) is 0 Å². The molecule has 0 radical (unpaired) electrons. The number of Topliss-reactive ketones (excluding diaryl/α,β-unsaturated/α-hetero) is 1. The van der Waals surface area contributed by atoms with Crippen LogP contribution in [0, 0.1) is 6.92 Å². The Labute approximate surface area is 140 Å². The number of carbonyl (C=O) groups is 1. The number of hydrogen-bond acceptors (Lipinski definition) is 2. The summed E-state index contributed by atoms with van der Waals surface area (Å²) in [6.07, 6.45) is 8.39. The third kappa shape index (κ3) is 5.17. The Morgan fingerprint density at radius 1 is 1.22 bits per heavy atom. The van der Waals surface area contributed by atoms with Crippen molar-refractivity contribution in [2.75, 3.05) is 0 Å². The van der Waals surface area contributed by atoms with Gasteiger partial charge < -0.3 is 0 Å². The van der Waals surface area contributed by atoms with Crippen LogP contribution in [0.5, 0.6) is 0 Å². The Hall–Kier alpha value is -2.22. The van der Waals surface area contributed by atoms with E-state index in [1.807, 2.05) is 33.8 Å². The number of hydrogen-bond donors (Lipinski definition) is 0. The Morgan fingerprint density at radius 3 is 2.35 bits per heavy atom. The lowest BCUT2D eigenvalue weighted by Gasteiger charge is -2.15. The van der Waals surface area contributed by atoms with Gasteiger partial charge in [0.05, 0.1) is 0 Å². The van der Waals surface area contributed by atoms with Crippen LogP contribution in [0.4, 0.5) is 0 Å². The first-order chi connectivity index (χ1) is 10.8. The molecule has 1 aromatic rings. The van der Waals surface area contributed by atoms with Crippen LogP contribution in [0.25, 0.3) is 5.57 Å². The van der Waals surface area contributed by atoms with Gasteiger partial charge in [0.2, 0.25) is 0 Å². The Bertz CT molecular complexity index is 699. The number of rotatable bonds is 6. The number of carbonyl (C=O) groups excluding carboxylic acids is 1. The summed E-state index contributed by atoms with van der Waals surface area (Å²) in [7, 11) is 0. The Balaban J connectivity index is 3.62. The third-order valence-electron chi connectivity index (χ3n) is 3.40. The van der Waals surface area contributed by atoms with E-state index >= 15 is 0 Å². The van der Waals surface area contributed by atoms with Gasteiger partial charge in [-0.2, -0.15) is 0 Å². The van der Waals surface area contributed by atoms with Crippen molar-refractivity contribution in [3.05, 3.63) is 70.6 Å². The van der Waals surface area contributed by atoms with Crippen LogP contribution in [0.3, 0.4) is 0 Å². The first-order valence-electron chi connectivity index (χ1n) is 7.99. The van der Waals surface area contributed by atoms with Crippen LogP contribution in [-0.4, -0.2) is 10.8 Å². The summed E-state index contributed by atoms with van der Waals surface area (Å²) in [6.45, 7) is 15.9. The fourth-order valence-corrected chi connectivity index (χ4v) is 2.45. The summed E-state index contributed by atoms with van der Waals surface area (Å²) < 4.78 is 0. The van der Waals surface area contributed by atoms with E-state index in [0.717, 1.165) is 28.0 Å². The lowest BCUT2D eigenvalue weighted by Crippen LogP contribution is -2.05. The summed E-state index contributed by atoms with van der Waals surface area (Å²) in [4.78, 5) is 16.6. The summed E-state index contributed by atoms with van der Waals surface area (Å²) in [5.74, 6) is 0.110. The van der Waals surface area contributed by atoms with Crippen molar-refractivity contribution in [1.82, 2.24) is 4.98 Å². The van der Waals surface area contributed by atoms with Crippen molar-refractivity contribution in [2.45, 2.75) is 48.0 Å². The largest absolute Gasteiger partial charge is 0.294 e. The standard InChI is InChI=1S/C21H27NO/c1-8-18(17(10-14(3)4)11-15(5)6)19-12-16(7)22-13-20(19)21(23)9-2/h8,10-13H,3,9H2,1-2,4-7H3/b17-10+,18-8-. The molecule has 1 heterocycles. The second-order valence-corrected chi connectivity index (χ2v) is 6.02. The van der Waals surface area contributed by atoms with Gasteiger partial charge in [-0.1, -0.05) is 42.9 Å². The molecule has 0 spiro atoms. The van der Waals surface area contributed by atoms with Crippen molar-refractivity contribution in [3.8, 4) is 0 Å². The molecule has 2 heteroatoms. The predicted octanol–water partition coefficient (Wildman–Crippen LogP) is 5.85. The van der Waals surface area contributed by atoms with Crippen molar-refractivity contribution >= 4 is 11.4 Å². The quantitative estimate of drug-likeness (QED) is 0.487. The molecule has 2 nitrogen and oxygen atoms in total. The number of aromatic nitrogens is 1. The summed E-state index contributed by atoms with van der Waals surface area (Å²) in [5.41, 5.74) is 6.81. The Morgan fingerprint density at radius 2 is 1.87 bits per heavy atom. The Kier molecular flexibility index (Phi) is 6.89. The van der Waals surface area contributed by atoms with E-state index in [2.05, 4.69) is 43.6 Å². The van der Waals surface area contributed by atoms with Crippen molar-refractivity contribution in [2.24, 2.45) is 0 Å². The molecule has 0 aliphatic rings. The van der Waals surface area contributed by atoms with Gasteiger partial charge in [0.1, 0.15) is 0 Å². The molecule has 0 bridgehead atoms. The highest BCUT2D eigenvalue weighted by Gasteiger charge is 2.16. The van der Waals surface area contributed by atoms with Gasteiger partial charge in [-0.15, -0.1) is 0 Å². The zero-order chi connectivity index (χ0) is 17.6. The lowest BCUT2D eigenvalue weighted by molar-refractivity contribution is 0.0987. The van der Waals surface area contributed by atoms with Crippen LogP contribution in [0.15, 0.2) is 53.8 Å². The summed E-state index contributed by atoms with van der Waals surface area (Å²) in [5, 5.41) is 0. The molecular formula is C21H27NO. The first-order valence-corrected chi connectivity index (χ1v) is 7.99. The van der Waals surface area contributed by atoms with Gasteiger partial charge in [0, 0.05) is 23.9 Å². The molecule has 0 unspecified atom stereocenters. The molecule has 0 atom stereocenters. The molecule has 0 aromatic carbocycles. The van der Waals surface area contributed by atoms with Crippen molar-refractivity contribution in [3.63, 3.8) is 0 Å². The monoisotopic (exact) mass is 309 g/mol. The van der Waals surface area contributed by atoms with E-state index in [4.69, 9.17) is 0 Å². The van der Waals surface area contributed by atoms with E-state index in [-0.39, 0.29) is 5.78 Å². The molecule has 0 saturated carbocycles. The van der Waals surface area contributed by atoms with Gasteiger partial charge in [-0.3, -0.25) is 9.78 Å². The summed E-state index contributed by atoms with van der Waals surface area (Å²) >= 11 is 0. The number of aryl methyl sites for hydroxylation is 1. The fraction of sp³-hybridized carbons (Fsp3) is 0.333. The molecule has 0 aliphatic carbocycles. The van der Waals surface area contributed by atoms with Gasteiger partial charge in [0.15, 0.2) is 5.78 Å². The van der Waals surface area contributed by atoms with Crippen LogP contribution in [-0.2, 0) is 0 Å². The van der Waals surface area contributed by atoms with E-state index in [0.29, 0.717) is 12.0 Å². The maximum absolute atomic E-state index is 12.3. The fourth-order valence-electron chi connectivity index (χ4n) is 2.45. The zero-order valence-electron chi connectivity index (χ0n) is 15.2. The second-order valence-electron chi connectivity index (χ2n) is 6.02. The van der Waals surface area contributed by atoms with E-state index in [1.165, 1.54) is 5.57 Å². The van der Waals surface area contributed by atoms with E-state index in [9.17, 15) is 4.79 Å². The predicted molar refractivity (Wildman–Crippen MR) is 99.6 cm³/mol. The van der Waals surface area contributed by atoms with Crippen molar-refractivity contribution < 1.29 is 4.79 Å². The van der Waals surface area contributed by atoms with E-state index in [1.54, 1.807) is 6.20 Å². The number of ketones is 1. The number of pyridine rings is 1. The molecule has 122 valence electrons. The minimum absolute atomic E-state index is 0.110. The molecule has 0 aliphatic heterocycles. The second kappa shape index (κ2) is 8.42. The third-order valence-corrected chi connectivity index (χ3v) is 3.40. The van der Waals surface area contributed by atoms with Crippen LogP contribution in [0.1, 0.15) is 62.7 Å². The van der Waals surface area contributed by atoms with Crippen LogP contribution >= 0.6 is 0 Å². The molecule has 0 N–H and O–H groups in total. The molecule has 0 amide bonds. The molecular weight excluding hydrogens is 282 g/mol. The smallest absolute Gasteiger partial charge is 0.164 e. The first kappa shape index (κ1) is 18.8. The highest BCUT2D eigenvalue weighted by molar-refractivity contribution is 6.02. The average Bonchev–Trinajstić information content (AvgIpc) is 2.46. The van der Waals surface area contributed by atoms with Gasteiger partial charge >= 0.3 is 0 Å². The zero-order valence-corrected chi connectivity index (χ0v) is 15.2. The molecule has 0 fully saturated rings. The molecule has 1 rings (SSSR count). The molecule has 1 aromatic heterocycles. The van der Waals surface area contributed by atoms with Gasteiger partial charge in [-0.05, 0) is 57.4 Å². The number of nitrogens with zero attached hydrogens (tertiary/aromatic N) is 1. The minimum Gasteiger partial charge on any atom is -0.294 e. The van der Waals surface area contributed by atoms with E-state index < -0.39 is 0 Å². The SMILES string of the molecule is C=C(C)/C=C(C=C(C)C)/C(=C/C)c1cc(C)ncc1C(=O)CC. The normalized spacial score (nSPS) is 12.1. The number of allylic oxidation sites excluding steroid dienone is 7. The lowest BCUT2D eigenvalue weighted by atomic mass is 9.90. The summed E-state index contributed by atoms with van der Waals surface area (Å²) in [6, 6.07) is 1.99. The molecule has 23 heavy (non-hydrogen) atoms. The average molecular weight is 309 g/mol.